The minimum absolute atomic E-state index is 0. The Morgan fingerprint density at radius 2 is 0.875 bits per heavy atom. The number of hydrogen-bond donors (Lipinski definition) is 2. The van der Waals surface area contributed by atoms with Gasteiger partial charge in [-0.25, -0.2) is 0 Å². The number of unbranched alkanes of at least 4 members (excludes halogenated alkanes) is 13. The van der Waals surface area contributed by atoms with E-state index in [4.69, 9.17) is 5.73 Å². The molecule has 0 saturated carbocycles. The van der Waals surface area contributed by atoms with Crippen LogP contribution in [0.4, 0.5) is 0 Å². The molecule has 0 aromatic heterocycles. The highest BCUT2D eigenvalue weighted by molar-refractivity contribution is 5.85. The van der Waals surface area contributed by atoms with E-state index >= 15 is 0 Å². The Morgan fingerprint density at radius 3 is 1.17 bits per heavy atom. The van der Waals surface area contributed by atoms with Gasteiger partial charge in [-0.2, -0.15) is 0 Å². The van der Waals surface area contributed by atoms with Gasteiger partial charge in [0.25, 0.3) is 0 Å². The molecule has 3 N–H and O–H groups in total. The van der Waals surface area contributed by atoms with Crippen LogP contribution in [-0.4, -0.2) is 17.3 Å². The maximum Gasteiger partial charge on any atom is 0.0769 e. The largest absolute Gasteiger partial charge is 0.389 e. The third-order valence-corrected chi connectivity index (χ3v) is 5.12. The second kappa shape index (κ2) is 19.5. The van der Waals surface area contributed by atoms with E-state index in [9.17, 15) is 5.11 Å². The molecule has 0 radical (unpaired) electrons. The van der Waals surface area contributed by atoms with Gasteiger partial charge in [-0.15, -0.1) is 12.4 Å². The van der Waals surface area contributed by atoms with Gasteiger partial charge in [0.2, 0.25) is 0 Å². The van der Waals surface area contributed by atoms with E-state index in [1.165, 1.54) is 83.5 Å². The molecule has 3 heteroatoms. The van der Waals surface area contributed by atoms with Crippen LogP contribution in [0, 0.1) is 0 Å². The molecule has 1 unspecified atom stereocenters. The van der Waals surface area contributed by atoms with Crippen molar-refractivity contribution in [1.82, 2.24) is 0 Å². The summed E-state index contributed by atoms with van der Waals surface area (Å²) >= 11 is 0. The molecule has 0 heterocycles. The average Bonchev–Trinajstić information content (AvgIpc) is 2.56. The fraction of sp³-hybridized carbons (Fsp3) is 1.00. The fourth-order valence-electron chi connectivity index (χ4n) is 3.33. The molecule has 0 aliphatic carbocycles. The van der Waals surface area contributed by atoms with E-state index in [-0.39, 0.29) is 12.4 Å². The maximum absolute atomic E-state index is 10.6. The van der Waals surface area contributed by atoms with Crippen LogP contribution in [-0.2, 0) is 0 Å². The zero-order valence-electron chi connectivity index (χ0n) is 16.7. The van der Waals surface area contributed by atoms with E-state index in [2.05, 4.69) is 13.8 Å². The van der Waals surface area contributed by atoms with Gasteiger partial charge in [-0.05, 0) is 12.8 Å². The highest BCUT2D eigenvalue weighted by atomic mass is 35.5. The van der Waals surface area contributed by atoms with E-state index < -0.39 is 5.60 Å². The molecular formula is C21H46ClNO. The summed E-state index contributed by atoms with van der Waals surface area (Å²) in [5.41, 5.74) is 5.24. The second-order valence-corrected chi connectivity index (χ2v) is 7.52. The molecule has 0 aromatic carbocycles. The lowest BCUT2D eigenvalue weighted by atomic mass is 9.89. The zero-order valence-corrected chi connectivity index (χ0v) is 17.5. The summed E-state index contributed by atoms with van der Waals surface area (Å²) in [5, 5.41) is 10.6. The molecule has 2 nitrogen and oxygen atoms in total. The van der Waals surface area contributed by atoms with Crippen molar-refractivity contribution < 1.29 is 5.11 Å². The van der Waals surface area contributed by atoms with E-state index in [0.29, 0.717) is 6.54 Å². The summed E-state index contributed by atoms with van der Waals surface area (Å²) in [6.07, 6.45) is 21.5. The molecule has 0 fully saturated rings. The van der Waals surface area contributed by atoms with Crippen LogP contribution in [0.5, 0.6) is 0 Å². The van der Waals surface area contributed by atoms with Crippen LogP contribution < -0.4 is 5.73 Å². The van der Waals surface area contributed by atoms with E-state index in [1.54, 1.807) is 0 Å². The van der Waals surface area contributed by atoms with Gasteiger partial charge in [0.05, 0.1) is 5.60 Å². The number of nitrogens with two attached hydrogens (primary N) is 1. The predicted octanol–water partition coefficient (Wildman–Crippen LogP) is 6.77. The predicted molar refractivity (Wildman–Crippen MR) is 111 cm³/mol. The molecule has 0 bridgehead atoms. The number of aliphatic hydroxyl groups is 1. The number of rotatable bonds is 18. The first kappa shape index (κ1) is 26.4. The Bertz CT molecular complexity index is 238. The van der Waals surface area contributed by atoms with E-state index in [0.717, 1.165) is 25.7 Å². The van der Waals surface area contributed by atoms with Gasteiger partial charge in [-0.1, -0.05) is 110 Å². The third-order valence-electron chi connectivity index (χ3n) is 5.12. The second-order valence-electron chi connectivity index (χ2n) is 7.52. The standard InChI is InChI=1S/C21H45NO.ClH/c1-3-5-7-9-11-13-15-17-19-21(23,20-22)18-16-14-12-10-8-6-4-2;/h23H,3-20,22H2,1-2H3;1H. The van der Waals surface area contributed by atoms with Gasteiger partial charge in [0.15, 0.2) is 0 Å². The molecule has 0 aliphatic heterocycles. The molecule has 0 aromatic rings. The zero-order chi connectivity index (χ0) is 17.2. The summed E-state index contributed by atoms with van der Waals surface area (Å²) in [6, 6.07) is 0. The van der Waals surface area contributed by atoms with Crippen LogP contribution in [0.15, 0.2) is 0 Å². The summed E-state index contributed by atoms with van der Waals surface area (Å²) in [7, 11) is 0. The summed E-state index contributed by atoms with van der Waals surface area (Å²) in [4.78, 5) is 0. The monoisotopic (exact) mass is 363 g/mol. The number of halogens is 1. The fourth-order valence-corrected chi connectivity index (χ4v) is 3.33. The smallest absolute Gasteiger partial charge is 0.0769 e. The van der Waals surface area contributed by atoms with Crippen molar-refractivity contribution in [2.24, 2.45) is 5.73 Å². The molecule has 0 aliphatic rings. The van der Waals surface area contributed by atoms with Crippen LogP contribution in [0.25, 0.3) is 0 Å². The van der Waals surface area contributed by atoms with Crippen LogP contribution in [0.2, 0.25) is 0 Å². The third kappa shape index (κ3) is 17.0. The lowest BCUT2D eigenvalue weighted by Gasteiger charge is -2.26. The summed E-state index contributed by atoms with van der Waals surface area (Å²) < 4.78 is 0. The van der Waals surface area contributed by atoms with Crippen LogP contribution in [0.1, 0.15) is 123 Å². The Morgan fingerprint density at radius 1 is 0.583 bits per heavy atom. The van der Waals surface area contributed by atoms with Gasteiger partial charge >= 0.3 is 0 Å². The van der Waals surface area contributed by atoms with Crippen LogP contribution in [0.3, 0.4) is 0 Å². The summed E-state index contributed by atoms with van der Waals surface area (Å²) in [5.74, 6) is 0. The minimum atomic E-state index is -0.592. The van der Waals surface area contributed by atoms with Crippen LogP contribution >= 0.6 is 12.4 Å². The van der Waals surface area contributed by atoms with E-state index in [1.807, 2.05) is 0 Å². The first-order valence-corrected chi connectivity index (χ1v) is 10.6. The molecule has 0 amide bonds. The molecule has 0 saturated heterocycles. The van der Waals surface area contributed by atoms with Crippen molar-refractivity contribution >= 4 is 12.4 Å². The minimum Gasteiger partial charge on any atom is -0.389 e. The van der Waals surface area contributed by atoms with Gasteiger partial charge in [-0.3, -0.25) is 0 Å². The Labute approximate surface area is 158 Å². The molecule has 24 heavy (non-hydrogen) atoms. The molecular weight excluding hydrogens is 318 g/mol. The van der Waals surface area contributed by atoms with Gasteiger partial charge in [0.1, 0.15) is 0 Å². The van der Waals surface area contributed by atoms with Crippen molar-refractivity contribution in [1.29, 1.82) is 0 Å². The molecule has 1 atom stereocenters. The SMILES string of the molecule is CCCCCCCCCCC(O)(CN)CCCCCCCCC.Cl. The van der Waals surface area contributed by atoms with Gasteiger partial charge < -0.3 is 10.8 Å². The Kier molecular flexibility index (Phi) is 21.5. The average molecular weight is 364 g/mol. The Balaban J connectivity index is 0. The first-order valence-electron chi connectivity index (χ1n) is 10.6. The highest BCUT2D eigenvalue weighted by Crippen LogP contribution is 2.22. The lowest BCUT2D eigenvalue weighted by molar-refractivity contribution is 0.0264. The summed E-state index contributed by atoms with van der Waals surface area (Å²) in [6.45, 7) is 4.95. The van der Waals surface area contributed by atoms with Crippen molar-refractivity contribution in [3.63, 3.8) is 0 Å². The molecule has 148 valence electrons. The number of hydrogen-bond acceptors (Lipinski definition) is 2. The molecule has 0 rings (SSSR count). The van der Waals surface area contributed by atoms with Crippen molar-refractivity contribution in [2.75, 3.05) is 6.54 Å². The van der Waals surface area contributed by atoms with Crippen molar-refractivity contribution in [2.45, 2.75) is 129 Å². The topological polar surface area (TPSA) is 46.2 Å². The van der Waals surface area contributed by atoms with Gasteiger partial charge in [0, 0.05) is 6.54 Å². The molecule has 0 spiro atoms. The normalized spacial score (nSPS) is 13.5. The Hall–Kier alpha value is 0.210. The maximum atomic E-state index is 10.6. The quantitative estimate of drug-likeness (QED) is 0.264. The first-order chi connectivity index (χ1) is 11.2. The lowest BCUT2D eigenvalue weighted by Crippen LogP contribution is -2.37. The highest BCUT2D eigenvalue weighted by Gasteiger charge is 2.23. The van der Waals surface area contributed by atoms with Crippen molar-refractivity contribution in [3.8, 4) is 0 Å². The van der Waals surface area contributed by atoms with Crippen molar-refractivity contribution in [3.05, 3.63) is 0 Å².